The monoisotopic (exact) mass is 211 g/mol. The van der Waals surface area contributed by atoms with E-state index in [-0.39, 0.29) is 6.04 Å². The largest absolute Gasteiger partial charge is 0.339 e. The van der Waals surface area contributed by atoms with Gasteiger partial charge in [-0.1, -0.05) is 0 Å². The Hall–Kier alpha value is -0.610. The maximum atomic E-state index is 12.1. The normalized spacial score (nSPS) is 24.3. The van der Waals surface area contributed by atoms with Crippen LogP contribution in [0.1, 0.15) is 19.8 Å². The summed E-state index contributed by atoms with van der Waals surface area (Å²) in [5, 5.41) is 3.27. The van der Waals surface area contributed by atoms with Crippen LogP contribution in [0, 0.1) is 0 Å². The van der Waals surface area contributed by atoms with Crippen molar-refractivity contribution in [2.75, 3.05) is 33.2 Å². The Bertz CT molecular complexity index is 234. The molecule has 0 radical (unpaired) electrons. The van der Waals surface area contributed by atoms with E-state index in [0.717, 1.165) is 26.2 Å². The Morgan fingerprint density at radius 2 is 2.00 bits per heavy atom. The maximum absolute atomic E-state index is 12.1. The van der Waals surface area contributed by atoms with Crippen molar-refractivity contribution in [2.45, 2.75) is 31.8 Å². The zero-order valence-electron chi connectivity index (χ0n) is 9.70. The second kappa shape index (κ2) is 4.49. The third-order valence-electron chi connectivity index (χ3n) is 3.52. The molecular formula is C11H21N3O. The molecule has 0 aromatic heterocycles. The molecule has 0 aromatic rings. The number of hydrogen-bond acceptors (Lipinski definition) is 3. The molecule has 1 atom stereocenters. The minimum absolute atomic E-state index is 0.0515. The van der Waals surface area contributed by atoms with Crippen molar-refractivity contribution in [1.82, 2.24) is 15.1 Å². The summed E-state index contributed by atoms with van der Waals surface area (Å²) in [6.45, 7) is 5.63. The van der Waals surface area contributed by atoms with Crippen molar-refractivity contribution in [1.29, 1.82) is 0 Å². The standard InChI is InChI=1S/C11H21N3O/c1-9(13(2)10-3-4-10)11(15)14-7-5-12-6-8-14/h9-10,12H,3-8H2,1-2H3. The Labute approximate surface area is 91.6 Å². The fourth-order valence-corrected chi connectivity index (χ4v) is 2.12. The Balaban J connectivity index is 1.87. The van der Waals surface area contributed by atoms with Gasteiger partial charge in [0.05, 0.1) is 6.04 Å². The maximum Gasteiger partial charge on any atom is 0.239 e. The first-order chi connectivity index (χ1) is 7.20. The zero-order chi connectivity index (χ0) is 10.8. The summed E-state index contributed by atoms with van der Waals surface area (Å²) < 4.78 is 0. The number of likely N-dealkylation sites (N-methyl/N-ethyl adjacent to an activating group) is 1. The molecule has 2 fully saturated rings. The third-order valence-corrected chi connectivity index (χ3v) is 3.52. The fraction of sp³-hybridized carbons (Fsp3) is 0.909. The Morgan fingerprint density at radius 1 is 1.40 bits per heavy atom. The van der Waals surface area contributed by atoms with Gasteiger partial charge in [-0.25, -0.2) is 0 Å². The number of nitrogens with zero attached hydrogens (tertiary/aromatic N) is 2. The highest BCUT2D eigenvalue weighted by Crippen LogP contribution is 2.27. The van der Waals surface area contributed by atoms with Crippen LogP contribution in [0.25, 0.3) is 0 Å². The van der Waals surface area contributed by atoms with E-state index in [1.54, 1.807) is 0 Å². The van der Waals surface area contributed by atoms with E-state index in [4.69, 9.17) is 0 Å². The molecule has 4 nitrogen and oxygen atoms in total. The molecule has 0 bridgehead atoms. The lowest BCUT2D eigenvalue weighted by molar-refractivity contribution is -0.136. The molecule has 1 saturated carbocycles. The summed E-state index contributed by atoms with van der Waals surface area (Å²) in [4.78, 5) is 16.3. The Kier molecular flexibility index (Phi) is 3.26. The van der Waals surface area contributed by atoms with Crippen molar-refractivity contribution < 1.29 is 4.79 Å². The topological polar surface area (TPSA) is 35.6 Å². The second-order valence-corrected chi connectivity index (χ2v) is 4.65. The first-order valence-electron chi connectivity index (χ1n) is 5.91. The highest BCUT2D eigenvalue weighted by molar-refractivity contribution is 5.81. The molecule has 1 saturated heterocycles. The van der Waals surface area contributed by atoms with Gasteiger partial charge in [0.2, 0.25) is 5.91 Å². The molecule has 0 spiro atoms. The third kappa shape index (κ3) is 2.49. The summed E-state index contributed by atoms with van der Waals surface area (Å²) in [5.41, 5.74) is 0. The minimum Gasteiger partial charge on any atom is -0.339 e. The van der Waals surface area contributed by atoms with Crippen molar-refractivity contribution in [3.05, 3.63) is 0 Å². The zero-order valence-corrected chi connectivity index (χ0v) is 9.70. The number of carbonyl (C=O) groups is 1. The van der Waals surface area contributed by atoms with Crippen molar-refractivity contribution >= 4 is 5.91 Å². The minimum atomic E-state index is 0.0515. The van der Waals surface area contributed by atoms with Crippen LogP contribution in [-0.4, -0.2) is 61.0 Å². The van der Waals surface area contributed by atoms with Crippen LogP contribution < -0.4 is 5.32 Å². The van der Waals surface area contributed by atoms with Gasteiger partial charge in [0, 0.05) is 32.2 Å². The highest BCUT2D eigenvalue weighted by atomic mass is 16.2. The van der Waals surface area contributed by atoms with Gasteiger partial charge < -0.3 is 10.2 Å². The van der Waals surface area contributed by atoms with Gasteiger partial charge in [-0.2, -0.15) is 0 Å². The number of nitrogens with one attached hydrogen (secondary N) is 1. The van der Waals surface area contributed by atoms with Gasteiger partial charge in [0.15, 0.2) is 0 Å². The van der Waals surface area contributed by atoms with Crippen LogP contribution in [0.5, 0.6) is 0 Å². The molecule has 4 heteroatoms. The summed E-state index contributed by atoms with van der Waals surface area (Å²) >= 11 is 0. The van der Waals surface area contributed by atoms with Crippen molar-refractivity contribution in [3.63, 3.8) is 0 Å². The molecule has 86 valence electrons. The van der Waals surface area contributed by atoms with Crippen LogP contribution in [0.3, 0.4) is 0 Å². The van der Waals surface area contributed by atoms with E-state index >= 15 is 0 Å². The van der Waals surface area contributed by atoms with E-state index in [9.17, 15) is 4.79 Å². The van der Waals surface area contributed by atoms with Gasteiger partial charge in [0.1, 0.15) is 0 Å². The van der Waals surface area contributed by atoms with E-state index in [0.29, 0.717) is 11.9 Å². The molecule has 15 heavy (non-hydrogen) atoms. The molecule has 0 aromatic carbocycles. The molecular weight excluding hydrogens is 190 g/mol. The molecule has 2 aliphatic rings. The predicted molar refractivity (Wildman–Crippen MR) is 59.7 cm³/mol. The fourth-order valence-electron chi connectivity index (χ4n) is 2.12. The van der Waals surface area contributed by atoms with E-state index < -0.39 is 0 Å². The molecule has 1 unspecified atom stereocenters. The van der Waals surface area contributed by atoms with Gasteiger partial charge in [-0.3, -0.25) is 9.69 Å². The summed E-state index contributed by atoms with van der Waals surface area (Å²) in [7, 11) is 2.07. The van der Waals surface area contributed by atoms with Crippen molar-refractivity contribution in [3.8, 4) is 0 Å². The molecule has 1 amide bonds. The van der Waals surface area contributed by atoms with E-state index in [2.05, 4.69) is 17.3 Å². The number of rotatable bonds is 3. The average Bonchev–Trinajstić information content (AvgIpc) is 3.11. The molecule has 1 N–H and O–H groups in total. The average molecular weight is 211 g/mol. The quantitative estimate of drug-likeness (QED) is 0.708. The first-order valence-corrected chi connectivity index (χ1v) is 5.91. The number of amides is 1. The first kappa shape index (κ1) is 10.9. The molecule has 1 aliphatic heterocycles. The summed E-state index contributed by atoms with van der Waals surface area (Å²) in [6.07, 6.45) is 2.52. The lowest BCUT2D eigenvalue weighted by Gasteiger charge is -2.33. The number of carbonyl (C=O) groups excluding carboxylic acids is 1. The Morgan fingerprint density at radius 3 is 2.53 bits per heavy atom. The smallest absolute Gasteiger partial charge is 0.239 e. The van der Waals surface area contributed by atoms with Crippen LogP contribution in [0.15, 0.2) is 0 Å². The van der Waals surface area contributed by atoms with Crippen LogP contribution in [-0.2, 0) is 4.79 Å². The van der Waals surface area contributed by atoms with Crippen LogP contribution in [0.4, 0.5) is 0 Å². The van der Waals surface area contributed by atoms with E-state index in [1.165, 1.54) is 12.8 Å². The number of hydrogen-bond donors (Lipinski definition) is 1. The summed E-state index contributed by atoms with van der Waals surface area (Å²) in [5.74, 6) is 0.297. The highest BCUT2D eigenvalue weighted by Gasteiger charge is 2.33. The number of piperazine rings is 1. The SMILES string of the molecule is CC(C(=O)N1CCNCC1)N(C)C1CC1. The lowest BCUT2D eigenvalue weighted by atomic mass is 10.2. The van der Waals surface area contributed by atoms with Crippen LogP contribution >= 0.6 is 0 Å². The van der Waals surface area contributed by atoms with Crippen molar-refractivity contribution in [2.24, 2.45) is 0 Å². The van der Waals surface area contributed by atoms with Gasteiger partial charge in [-0.05, 0) is 26.8 Å². The molecule has 1 heterocycles. The summed E-state index contributed by atoms with van der Waals surface area (Å²) in [6, 6.07) is 0.711. The molecule has 2 rings (SSSR count). The van der Waals surface area contributed by atoms with Crippen LogP contribution in [0.2, 0.25) is 0 Å². The molecule has 1 aliphatic carbocycles. The second-order valence-electron chi connectivity index (χ2n) is 4.65. The van der Waals surface area contributed by atoms with Gasteiger partial charge >= 0.3 is 0 Å². The van der Waals surface area contributed by atoms with E-state index in [1.807, 2.05) is 11.8 Å². The van der Waals surface area contributed by atoms with Gasteiger partial charge in [-0.15, -0.1) is 0 Å². The predicted octanol–water partition coefficient (Wildman–Crippen LogP) is -0.0991. The van der Waals surface area contributed by atoms with Gasteiger partial charge in [0.25, 0.3) is 0 Å². The lowest BCUT2D eigenvalue weighted by Crippen LogP contribution is -2.52.